The van der Waals surface area contributed by atoms with Crippen LogP contribution in [0.5, 0.6) is 0 Å². The summed E-state index contributed by atoms with van der Waals surface area (Å²) in [6.45, 7) is 1.36. The van der Waals surface area contributed by atoms with E-state index in [0.29, 0.717) is 29.9 Å². The van der Waals surface area contributed by atoms with Crippen molar-refractivity contribution < 1.29 is 14.3 Å². The summed E-state index contributed by atoms with van der Waals surface area (Å²) in [5.41, 5.74) is 2.09. The number of esters is 1. The van der Waals surface area contributed by atoms with Gasteiger partial charge >= 0.3 is 5.97 Å². The van der Waals surface area contributed by atoms with Gasteiger partial charge in [-0.15, -0.1) is 0 Å². The summed E-state index contributed by atoms with van der Waals surface area (Å²) in [5, 5.41) is 1.10. The Labute approximate surface area is 167 Å². The Balaban J connectivity index is 1.56. The van der Waals surface area contributed by atoms with E-state index in [0.717, 1.165) is 29.3 Å². The van der Waals surface area contributed by atoms with Gasteiger partial charge in [-0.25, -0.2) is 4.79 Å². The molecule has 2 heterocycles. The van der Waals surface area contributed by atoms with Gasteiger partial charge in [-0.1, -0.05) is 36.4 Å². The molecule has 0 radical (unpaired) electrons. The highest BCUT2D eigenvalue weighted by Crippen LogP contribution is 2.21. The fourth-order valence-electron chi connectivity index (χ4n) is 3.35. The zero-order valence-electron chi connectivity index (χ0n) is 15.3. The van der Waals surface area contributed by atoms with Crippen LogP contribution >= 0.6 is 15.9 Å². The number of benzene rings is 1. The van der Waals surface area contributed by atoms with E-state index in [1.807, 2.05) is 41.4 Å². The topological polar surface area (TPSA) is 62.4 Å². The quantitative estimate of drug-likeness (QED) is 0.428. The van der Waals surface area contributed by atoms with Gasteiger partial charge in [-0.3, -0.25) is 4.79 Å². The van der Waals surface area contributed by atoms with Crippen LogP contribution in [0.1, 0.15) is 18.4 Å². The third-order valence-electron chi connectivity index (χ3n) is 4.80. The van der Waals surface area contributed by atoms with E-state index in [1.54, 1.807) is 0 Å². The van der Waals surface area contributed by atoms with Gasteiger partial charge in [0.1, 0.15) is 0 Å². The van der Waals surface area contributed by atoms with Crippen LogP contribution in [0.15, 0.2) is 53.2 Å². The lowest BCUT2D eigenvalue weighted by molar-refractivity contribution is -0.135. The van der Waals surface area contributed by atoms with Gasteiger partial charge in [0.2, 0.25) is 5.91 Å². The van der Waals surface area contributed by atoms with Crippen molar-refractivity contribution in [1.82, 2.24) is 9.88 Å². The van der Waals surface area contributed by atoms with Crippen molar-refractivity contribution in [3.63, 3.8) is 0 Å². The first-order chi connectivity index (χ1) is 13.1. The average Bonchev–Trinajstić information content (AvgIpc) is 3.10. The Bertz CT molecular complexity index is 884. The number of nitrogens with one attached hydrogen (secondary N) is 1. The van der Waals surface area contributed by atoms with Crippen molar-refractivity contribution in [2.24, 2.45) is 5.92 Å². The Morgan fingerprint density at radius 1 is 1.37 bits per heavy atom. The Hall–Kier alpha value is -2.34. The Morgan fingerprint density at radius 2 is 2.19 bits per heavy atom. The number of aromatic nitrogens is 1. The number of methoxy groups -OCH3 is 1. The minimum Gasteiger partial charge on any atom is -0.465 e. The van der Waals surface area contributed by atoms with E-state index >= 15 is 0 Å². The first-order valence-electron chi connectivity index (χ1n) is 9.02. The number of fused-ring (bicyclic) bond motifs is 1. The molecule has 1 aromatic heterocycles. The van der Waals surface area contributed by atoms with Crippen LogP contribution in [-0.2, 0) is 20.7 Å². The smallest absolute Gasteiger partial charge is 0.344 e. The maximum atomic E-state index is 12.8. The molecule has 142 valence electrons. The largest absolute Gasteiger partial charge is 0.465 e. The van der Waals surface area contributed by atoms with E-state index < -0.39 is 0 Å². The molecule has 1 atom stereocenters. The predicted molar refractivity (Wildman–Crippen MR) is 109 cm³/mol. The molecule has 1 aliphatic rings. The standard InChI is InChI=1S/C21H23BrN2O3/c1-27-21(26)18(22)9-4-6-15-7-5-11-24(14-15)20(25)12-16-13-23-19-10-3-2-8-17(16)19/h2-3,5,7-10,13,15,23H,4,6,11-12,14H2,1H3/b18-9-/t15-/m0/s1. The van der Waals surface area contributed by atoms with Crippen molar-refractivity contribution in [2.75, 3.05) is 20.2 Å². The number of para-hydroxylation sites is 1. The zero-order chi connectivity index (χ0) is 19.2. The van der Waals surface area contributed by atoms with Crippen LogP contribution in [0, 0.1) is 5.92 Å². The molecule has 0 saturated carbocycles. The van der Waals surface area contributed by atoms with Gasteiger partial charge in [0.05, 0.1) is 18.0 Å². The molecule has 3 rings (SSSR count). The molecule has 1 aliphatic heterocycles. The lowest BCUT2D eigenvalue weighted by Crippen LogP contribution is -2.38. The number of hydrogen-bond acceptors (Lipinski definition) is 3. The number of amides is 1. The highest BCUT2D eigenvalue weighted by molar-refractivity contribution is 9.12. The number of H-pyrrole nitrogens is 1. The van der Waals surface area contributed by atoms with Crippen molar-refractivity contribution in [3.05, 3.63) is 58.7 Å². The molecule has 0 bridgehead atoms. The number of allylic oxidation sites excluding steroid dienone is 1. The Morgan fingerprint density at radius 3 is 3.00 bits per heavy atom. The summed E-state index contributed by atoms with van der Waals surface area (Å²) in [4.78, 5) is 29.3. The highest BCUT2D eigenvalue weighted by Gasteiger charge is 2.21. The summed E-state index contributed by atoms with van der Waals surface area (Å²) >= 11 is 3.22. The third kappa shape index (κ3) is 4.89. The van der Waals surface area contributed by atoms with Crippen molar-refractivity contribution in [3.8, 4) is 0 Å². The first kappa shape index (κ1) is 19.4. The lowest BCUT2D eigenvalue weighted by atomic mass is 9.98. The molecule has 5 nitrogen and oxygen atoms in total. The number of carbonyl (C=O) groups is 2. The molecule has 1 amide bonds. The molecule has 0 saturated heterocycles. The zero-order valence-corrected chi connectivity index (χ0v) is 16.9. The highest BCUT2D eigenvalue weighted by atomic mass is 79.9. The number of carbonyl (C=O) groups excluding carboxylic acids is 2. The molecule has 1 N–H and O–H groups in total. The molecule has 0 fully saturated rings. The van der Waals surface area contributed by atoms with Crippen LogP contribution in [0.25, 0.3) is 10.9 Å². The summed E-state index contributed by atoms with van der Waals surface area (Å²) < 4.78 is 5.10. The minimum atomic E-state index is -0.371. The molecular weight excluding hydrogens is 408 g/mol. The maximum absolute atomic E-state index is 12.8. The SMILES string of the molecule is COC(=O)/C(Br)=C/CC[C@H]1C=CCN(C(=O)Cc2c[nH]c3ccccc23)C1. The molecule has 0 aliphatic carbocycles. The molecule has 6 heteroatoms. The Kier molecular flexibility index (Phi) is 6.50. The number of aromatic amines is 1. The lowest BCUT2D eigenvalue weighted by Gasteiger charge is -2.29. The molecule has 1 aromatic carbocycles. The van der Waals surface area contributed by atoms with Gasteiger partial charge in [-0.2, -0.15) is 0 Å². The van der Waals surface area contributed by atoms with E-state index in [9.17, 15) is 9.59 Å². The molecule has 0 spiro atoms. The second kappa shape index (κ2) is 9.04. The fourth-order valence-corrected chi connectivity index (χ4v) is 3.74. The number of rotatable bonds is 6. The summed E-state index contributed by atoms with van der Waals surface area (Å²) in [5.74, 6) is 0.0602. The molecule has 27 heavy (non-hydrogen) atoms. The number of ether oxygens (including phenoxy) is 1. The summed E-state index contributed by atoms with van der Waals surface area (Å²) in [6.07, 6.45) is 9.99. The normalized spacial score (nSPS) is 17.3. The second-order valence-corrected chi connectivity index (χ2v) is 7.50. The van der Waals surface area contributed by atoms with E-state index in [1.165, 1.54) is 7.11 Å². The van der Waals surface area contributed by atoms with Crippen molar-refractivity contribution in [1.29, 1.82) is 0 Å². The maximum Gasteiger partial charge on any atom is 0.344 e. The first-order valence-corrected chi connectivity index (χ1v) is 9.81. The monoisotopic (exact) mass is 430 g/mol. The third-order valence-corrected chi connectivity index (χ3v) is 5.45. The van der Waals surface area contributed by atoms with Crippen LogP contribution in [-0.4, -0.2) is 42.0 Å². The molecule has 0 unspecified atom stereocenters. The summed E-state index contributed by atoms with van der Waals surface area (Å²) in [6, 6.07) is 8.03. The van der Waals surface area contributed by atoms with Crippen LogP contribution < -0.4 is 0 Å². The van der Waals surface area contributed by atoms with Crippen LogP contribution in [0.4, 0.5) is 0 Å². The number of hydrogen-bond donors (Lipinski definition) is 1. The van der Waals surface area contributed by atoms with E-state index in [-0.39, 0.29) is 11.9 Å². The predicted octanol–water partition coefficient (Wildman–Crippen LogP) is 3.96. The van der Waals surface area contributed by atoms with E-state index in [4.69, 9.17) is 0 Å². The minimum absolute atomic E-state index is 0.139. The van der Waals surface area contributed by atoms with Crippen molar-refractivity contribution >= 4 is 38.7 Å². The second-order valence-electron chi connectivity index (χ2n) is 6.64. The van der Waals surface area contributed by atoms with Gasteiger partial charge in [0, 0.05) is 30.2 Å². The van der Waals surface area contributed by atoms with Crippen LogP contribution in [0.3, 0.4) is 0 Å². The van der Waals surface area contributed by atoms with Gasteiger partial charge in [0.15, 0.2) is 0 Å². The number of nitrogens with zero attached hydrogens (tertiary/aromatic N) is 1. The van der Waals surface area contributed by atoms with Crippen LogP contribution in [0.2, 0.25) is 0 Å². The molecular formula is C21H23BrN2O3. The van der Waals surface area contributed by atoms with Gasteiger partial charge < -0.3 is 14.6 Å². The van der Waals surface area contributed by atoms with Crippen molar-refractivity contribution in [2.45, 2.75) is 19.3 Å². The number of halogens is 1. The summed E-state index contributed by atoms with van der Waals surface area (Å²) in [7, 11) is 1.36. The molecule has 2 aromatic rings. The van der Waals surface area contributed by atoms with E-state index in [2.05, 4.69) is 37.8 Å². The average molecular weight is 431 g/mol. The van der Waals surface area contributed by atoms with Gasteiger partial charge in [0.25, 0.3) is 0 Å². The fraction of sp³-hybridized carbons (Fsp3) is 0.333. The van der Waals surface area contributed by atoms with Gasteiger partial charge in [-0.05, 0) is 46.3 Å².